The third-order valence-electron chi connectivity index (χ3n) is 5.29. The Hall–Kier alpha value is -3.42. The number of alkyl halides is 3. The molecule has 1 aliphatic heterocycles. The molecule has 1 aliphatic rings. The van der Waals surface area contributed by atoms with Gasteiger partial charge in [0.1, 0.15) is 0 Å². The summed E-state index contributed by atoms with van der Waals surface area (Å²) in [6.45, 7) is 1.18. The average molecular weight is 426 g/mol. The maximum Gasteiger partial charge on any atom is 0.416 e. The van der Waals surface area contributed by atoms with Gasteiger partial charge in [0.2, 0.25) is 5.91 Å². The number of benzene rings is 2. The average Bonchev–Trinajstić information content (AvgIpc) is 2.79. The Labute approximate surface area is 177 Å². The number of nitrogens with one attached hydrogen (secondary N) is 1. The van der Waals surface area contributed by atoms with Gasteiger partial charge in [-0.05, 0) is 43.2 Å². The van der Waals surface area contributed by atoms with Crippen molar-refractivity contribution in [3.63, 3.8) is 0 Å². The predicted octanol–water partition coefficient (Wildman–Crippen LogP) is 5.02. The van der Waals surface area contributed by atoms with E-state index >= 15 is 0 Å². The highest BCUT2D eigenvalue weighted by Crippen LogP contribution is 2.31. The lowest BCUT2D eigenvalue weighted by atomic mass is 9.97. The molecule has 5 nitrogen and oxygen atoms in total. The molecule has 1 saturated heterocycles. The predicted molar refractivity (Wildman–Crippen MR) is 112 cm³/mol. The number of amides is 1. The van der Waals surface area contributed by atoms with Gasteiger partial charge < -0.3 is 10.2 Å². The molecule has 1 N–H and O–H groups in total. The first-order valence-corrected chi connectivity index (χ1v) is 10.0. The summed E-state index contributed by atoms with van der Waals surface area (Å²) in [5, 5.41) is 11.2. The molecule has 1 atom stereocenters. The highest BCUT2D eigenvalue weighted by atomic mass is 19.4. The second-order valence-corrected chi connectivity index (χ2v) is 7.50. The molecule has 0 aliphatic carbocycles. The van der Waals surface area contributed by atoms with E-state index in [1.165, 1.54) is 12.1 Å². The van der Waals surface area contributed by atoms with Crippen LogP contribution in [-0.2, 0) is 11.0 Å². The van der Waals surface area contributed by atoms with Crippen LogP contribution in [0.4, 0.5) is 24.7 Å². The van der Waals surface area contributed by atoms with Crippen LogP contribution in [0.5, 0.6) is 0 Å². The first-order valence-electron chi connectivity index (χ1n) is 10.0. The number of piperidine rings is 1. The van der Waals surface area contributed by atoms with Crippen LogP contribution in [0.25, 0.3) is 11.3 Å². The minimum absolute atomic E-state index is 0.143. The molecule has 4 rings (SSSR count). The molecule has 0 radical (unpaired) electrons. The van der Waals surface area contributed by atoms with Crippen molar-refractivity contribution in [2.75, 3.05) is 23.3 Å². The van der Waals surface area contributed by atoms with Crippen molar-refractivity contribution in [2.45, 2.75) is 19.0 Å². The zero-order valence-electron chi connectivity index (χ0n) is 16.6. The van der Waals surface area contributed by atoms with E-state index in [1.807, 2.05) is 47.4 Å². The molecular formula is C23H21F3N4O. The number of nitrogens with zero attached hydrogens (tertiary/aromatic N) is 3. The summed E-state index contributed by atoms with van der Waals surface area (Å²) in [6.07, 6.45) is -3.01. The lowest BCUT2D eigenvalue weighted by Crippen LogP contribution is -2.41. The quantitative estimate of drug-likeness (QED) is 0.637. The SMILES string of the molecule is O=C(Nc1cccc(C(F)(F)F)c1)C1CCCN(c2ccc(-c3ccccc3)nn2)C1. The van der Waals surface area contributed by atoms with Crippen molar-refractivity contribution in [1.82, 2.24) is 10.2 Å². The van der Waals surface area contributed by atoms with Gasteiger partial charge in [-0.15, -0.1) is 10.2 Å². The van der Waals surface area contributed by atoms with Crippen molar-refractivity contribution in [3.05, 3.63) is 72.3 Å². The van der Waals surface area contributed by atoms with Gasteiger partial charge in [0.05, 0.1) is 17.2 Å². The number of rotatable bonds is 4. The highest BCUT2D eigenvalue weighted by Gasteiger charge is 2.31. The zero-order chi connectivity index (χ0) is 21.8. The van der Waals surface area contributed by atoms with E-state index in [2.05, 4.69) is 15.5 Å². The van der Waals surface area contributed by atoms with Crippen LogP contribution in [-0.4, -0.2) is 29.2 Å². The molecule has 1 fully saturated rings. The van der Waals surface area contributed by atoms with Gasteiger partial charge in [-0.25, -0.2) is 0 Å². The third-order valence-corrected chi connectivity index (χ3v) is 5.29. The minimum Gasteiger partial charge on any atom is -0.354 e. The first kappa shape index (κ1) is 20.8. The number of halogens is 3. The number of aromatic nitrogens is 2. The molecule has 0 saturated carbocycles. The van der Waals surface area contributed by atoms with Crippen molar-refractivity contribution in [2.24, 2.45) is 5.92 Å². The van der Waals surface area contributed by atoms with E-state index in [0.29, 0.717) is 18.8 Å². The summed E-state index contributed by atoms with van der Waals surface area (Å²) < 4.78 is 38.7. The second-order valence-electron chi connectivity index (χ2n) is 7.50. The van der Waals surface area contributed by atoms with E-state index in [9.17, 15) is 18.0 Å². The fraction of sp³-hybridized carbons (Fsp3) is 0.261. The topological polar surface area (TPSA) is 58.1 Å². The van der Waals surface area contributed by atoms with Gasteiger partial charge >= 0.3 is 6.18 Å². The zero-order valence-corrected chi connectivity index (χ0v) is 16.6. The van der Waals surface area contributed by atoms with Crippen molar-refractivity contribution >= 4 is 17.4 Å². The van der Waals surface area contributed by atoms with Crippen molar-refractivity contribution in [1.29, 1.82) is 0 Å². The lowest BCUT2D eigenvalue weighted by Gasteiger charge is -2.32. The second kappa shape index (κ2) is 8.75. The summed E-state index contributed by atoms with van der Waals surface area (Å²) >= 11 is 0. The van der Waals surface area contributed by atoms with Crippen LogP contribution in [0.15, 0.2) is 66.7 Å². The highest BCUT2D eigenvalue weighted by molar-refractivity contribution is 5.93. The summed E-state index contributed by atoms with van der Waals surface area (Å²) in [7, 11) is 0. The Bertz CT molecular complexity index is 1040. The standard InChI is InChI=1S/C23H21F3N4O/c24-23(25,26)18-9-4-10-19(14-18)27-22(31)17-8-5-13-30(15-17)21-12-11-20(28-29-21)16-6-2-1-3-7-16/h1-4,6-7,9-12,14,17H,5,8,13,15H2,(H,27,31). The molecule has 31 heavy (non-hydrogen) atoms. The van der Waals surface area contributed by atoms with Gasteiger partial charge in [0.25, 0.3) is 0 Å². The maximum atomic E-state index is 12.9. The van der Waals surface area contributed by atoms with E-state index < -0.39 is 11.7 Å². The van der Waals surface area contributed by atoms with E-state index in [-0.39, 0.29) is 17.5 Å². The normalized spacial score (nSPS) is 16.7. The summed E-state index contributed by atoms with van der Waals surface area (Å²) in [5.74, 6) is 0.0352. The van der Waals surface area contributed by atoms with Crippen molar-refractivity contribution in [3.8, 4) is 11.3 Å². The van der Waals surface area contributed by atoms with Crippen LogP contribution in [0, 0.1) is 5.92 Å². The lowest BCUT2D eigenvalue weighted by molar-refractivity contribution is -0.137. The Kier molecular flexibility index (Phi) is 5.88. The molecule has 3 aromatic rings. The van der Waals surface area contributed by atoms with Gasteiger partial charge in [-0.1, -0.05) is 36.4 Å². The van der Waals surface area contributed by atoms with Crippen LogP contribution >= 0.6 is 0 Å². The summed E-state index contributed by atoms with van der Waals surface area (Å²) in [5.41, 5.74) is 1.09. The number of carbonyl (C=O) groups excluding carboxylic acids is 1. The van der Waals surface area contributed by atoms with Gasteiger partial charge in [0, 0.05) is 24.3 Å². The molecule has 1 amide bonds. The largest absolute Gasteiger partial charge is 0.416 e. The Morgan fingerprint density at radius 3 is 2.52 bits per heavy atom. The minimum atomic E-state index is -4.45. The van der Waals surface area contributed by atoms with Crippen LogP contribution in [0.3, 0.4) is 0 Å². The van der Waals surface area contributed by atoms with Crippen LogP contribution < -0.4 is 10.2 Å². The number of anilines is 2. The van der Waals surface area contributed by atoms with E-state index in [1.54, 1.807) is 0 Å². The number of hydrogen-bond donors (Lipinski definition) is 1. The molecule has 2 aromatic carbocycles. The summed E-state index contributed by atoms with van der Waals surface area (Å²) in [6, 6.07) is 18.2. The third kappa shape index (κ3) is 5.02. The Morgan fingerprint density at radius 1 is 1.00 bits per heavy atom. The summed E-state index contributed by atoms with van der Waals surface area (Å²) in [4.78, 5) is 14.7. The van der Waals surface area contributed by atoms with E-state index in [0.717, 1.165) is 36.4 Å². The maximum absolute atomic E-state index is 12.9. The van der Waals surface area contributed by atoms with Gasteiger partial charge in [-0.2, -0.15) is 13.2 Å². The molecule has 2 heterocycles. The van der Waals surface area contributed by atoms with Crippen molar-refractivity contribution < 1.29 is 18.0 Å². The van der Waals surface area contributed by atoms with Crippen LogP contribution in [0.1, 0.15) is 18.4 Å². The Morgan fingerprint density at radius 2 is 1.81 bits per heavy atom. The van der Waals surface area contributed by atoms with Gasteiger partial charge in [-0.3, -0.25) is 4.79 Å². The molecular weight excluding hydrogens is 405 g/mol. The molecule has 0 spiro atoms. The number of carbonyl (C=O) groups is 1. The fourth-order valence-electron chi connectivity index (χ4n) is 3.67. The molecule has 1 unspecified atom stereocenters. The molecule has 160 valence electrons. The smallest absolute Gasteiger partial charge is 0.354 e. The molecule has 1 aromatic heterocycles. The molecule has 0 bridgehead atoms. The van der Waals surface area contributed by atoms with Gasteiger partial charge in [0.15, 0.2) is 5.82 Å². The number of hydrogen-bond acceptors (Lipinski definition) is 4. The Balaban J connectivity index is 1.42. The molecule has 8 heteroatoms. The fourth-order valence-corrected chi connectivity index (χ4v) is 3.67. The van der Waals surface area contributed by atoms with E-state index in [4.69, 9.17) is 0 Å². The first-order chi connectivity index (χ1) is 14.9. The monoisotopic (exact) mass is 426 g/mol. The van der Waals surface area contributed by atoms with Crippen LogP contribution in [0.2, 0.25) is 0 Å².